The van der Waals surface area contributed by atoms with E-state index in [4.69, 9.17) is 10.5 Å². The number of hydrogen-bond acceptors (Lipinski definition) is 3. The molecule has 0 aliphatic heterocycles. The number of anilines is 1. The molecule has 0 atom stereocenters. The molecule has 0 amide bonds. The summed E-state index contributed by atoms with van der Waals surface area (Å²) < 4.78 is 5.49. The maximum absolute atomic E-state index is 9.71. The van der Waals surface area contributed by atoms with E-state index >= 15 is 0 Å². The van der Waals surface area contributed by atoms with E-state index in [0.717, 1.165) is 23.2 Å². The third-order valence-electron chi connectivity index (χ3n) is 2.85. The Morgan fingerprint density at radius 2 is 1.70 bits per heavy atom. The van der Waals surface area contributed by atoms with Crippen molar-refractivity contribution in [3.63, 3.8) is 0 Å². The molecular weight excluding hydrogens is 250 g/mol. The first-order chi connectivity index (χ1) is 9.69. The number of aromatic hydroxyl groups is 1. The lowest BCUT2D eigenvalue weighted by Gasteiger charge is -2.07. The number of benzene rings is 2. The maximum atomic E-state index is 9.71. The molecule has 0 bridgehead atoms. The quantitative estimate of drug-likeness (QED) is 0.638. The highest BCUT2D eigenvalue weighted by atomic mass is 16.5. The van der Waals surface area contributed by atoms with Crippen LogP contribution in [-0.2, 0) is 0 Å². The second kappa shape index (κ2) is 6.66. The third kappa shape index (κ3) is 3.79. The second-order valence-electron chi connectivity index (χ2n) is 4.58. The number of phenols is 1. The Hall–Kier alpha value is -2.42. The highest BCUT2D eigenvalue weighted by Crippen LogP contribution is 2.27. The van der Waals surface area contributed by atoms with Gasteiger partial charge in [0.05, 0.1) is 6.61 Å². The standard InChI is InChI=1S/C17H19NO2/c1-2-11-20-17-12-14(7-10-16(17)19)4-3-13-5-8-15(18)9-6-13/h3-10,12,19H,2,11,18H2,1H3/b4-3+. The summed E-state index contributed by atoms with van der Waals surface area (Å²) in [4.78, 5) is 0. The lowest BCUT2D eigenvalue weighted by Crippen LogP contribution is -1.95. The highest BCUT2D eigenvalue weighted by Gasteiger charge is 2.02. The van der Waals surface area contributed by atoms with E-state index in [9.17, 15) is 5.11 Å². The molecule has 0 radical (unpaired) electrons. The summed E-state index contributed by atoms with van der Waals surface area (Å²) in [6, 6.07) is 13.0. The molecule has 0 saturated heterocycles. The zero-order valence-electron chi connectivity index (χ0n) is 11.5. The Labute approximate surface area is 119 Å². The molecule has 0 saturated carbocycles. The minimum Gasteiger partial charge on any atom is -0.504 e. The first kappa shape index (κ1) is 14.0. The number of rotatable bonds is 5. The lowest BCUT2D eigenvalue weighted by atomic mass is 10.1. The zero-order chi connectivity index (χ0) is 14.4. The summed E-state index contributed by atoms with van der Waals surface area (Å²) in [6.07, 6.45) is 4.88. The van der Waals surface area contributed by atoms with Crippen LogP contribution in [-0.4, -0.2) is 11.7 Å². The van der Waals surface area contributed by atoms with Crippen LogP contribution in [0.4, 0.5) is 5.69 Å². The Kier molecular flexibility index (Phi) is 4.66. The molecule has 3 nitrogen and oxygen atoms in total. The predicted octanol–water partition coefficient (Wildman–Crippen LogP) is 3.93. The average Bonchev–Trinajstić information content (AvgIpc) is 2.46. The van der Waals surface area contributed by atoms with Crippen LogP contribution >= 0.6 is 0 Å². The number of ether oxygens (including phenoxy) is 1. The van der Waals surface area contributed by atoms with Crippen LogP contribution < -0.4 is 10.5 Å². The minimum absolute atomic E-state index is 0.170. The van der Waals surface area contributed by atoms with Crippen LogP contribution in [0.3, 0.4) is 0 Å². The average molecular weight is 269 g/mol. The largest absolute Gasteiger partial charge is 0.504 e. The predicted molar refractivity (Wildman–Crippen MR) is 83.7 cm³/mol. The van der Waals surface area contributed by atoms with Gasteiger partial charge in [0.2, 0.25) is 0 Å². The van der Waals surface area contributed by atoms with E-state index < -0.39 is 0 Å². The number of nitrogen functional groups attached to an aromatic ring is 1. The van der Waals surface area contributed by atoms with Gasteiger partial charge in [0.15, 0.2) is 11.5 Å². The third-order valence-corrected chi connectivity index (χ3v) is 2.85. The number of hydrogen-bond donors (Lipinski definition) is 2. The van der Waals surface area contributed by atoms with Gasteiger partial charge < -0.3 is 15.6 Å². The van der Waals surface area contributed by atoms with E-state index in [0.29, 0.717) is 12.4 Å². The van der Waals surface area contributed by atoms with Crippen molar-refractivity contribution in [3.8, 4) is 11.5 Å². The second-order valence-corrected chi connectivity index (χ2v) is 4.58. The Morgan fingerprint density at radius 1 is 1.05 bits per heavy atom. The van der Waals surface area contributed by atoms with Crippen LogP contribution in [0.25, 0.3) is 12.2 Å². The van der Waals surface area contributed by atoms with Gasteiger partial charge in [-0.05, 0) is 41.8 Å². The normalized spacial score (nSPS) is 10.8. The first-order valence-electron chi connectivity index (χ1n) is 6.68. The molecule has 0 unspecified atom stereocenters. The molecule has 3 heteroatoms. The number of phenolic OH excluding ortho intramolecular Hbond substituents is 1. The molecule has 2 rings (SSSR count). The molecule has 3 N–H and O–H groups in total. The monoisotopic (exact) mass is 269 g/mol. The van der Waals surface area contributed by atoms with Crippen molar-refractivity contribution in [2.24, 2.45) is 0 Å². The van der Waals surface area contributed by atoms with Gasteiger partial charge in [-0.3, -0.25) is 0 Å². The summed E-state index contributed by atoms with van der Waals surface area (Å²) in [6.45, 7) is 2.63. The molecule has 0 aromatic heterocycles. The van der Waals surface area contributed by atoms with Gasteiger partial charge in [-0.25, -0.2) is 0 Å². The summed E-state index contributed by atoms with van der Waals surface area (Å²) in [5, 5.41) is 9.71. The molecular formula is C17H19NO2. The van der Waals surface area contributed by atoms with E-state index in [1.54, 1.807) is 6.07 Å². The molecule has 104 valence electrons. The fourth-order valence-electron chi connectivity index (χ4n) is 1.76. The van der Waals surface area contributed by atoms with Crippen molar-refractivity contribution in [1.29, 1.82) is 0 Å². The first-order valence-corrected chi connectivity index (χ1v) is 6.68. The summed E-state index contributed by atoms with van der Waals surface area (Å²) >= 11 is 0. The number of nitrogens with two attached hydrogens (primary N) is 1. The van der Waals surface area contributed by atoms with Crippen LogP contribution in [0.2, 0.25) is 0 Å². The van der Waals surface area contributed by atoms with Crippen LogP contribution in [0.5, 0.6) is 11.5 Å². The summed E-state index contributed by atoms with van der Waals surface area (Å²) in [5.41, 5.74) is 8.45. The van der Waals surface area contributed by atoms with E-state index in [1.807, 2.05) is 55.5 Å². The molecule has 20 heavy (non-hydrogen) atoms. The zero-order valence-corrected chi connectivity index (χ0v) is 11.5. The molecule has 2 aromatic rings. The Bertz CT molecular complexity index is 588. The van der Waals surface area contributed by atoms with Gasteiger partial charge in [0.1, 0.15) is 0 Å². The fourth-order valence-corrected chi connectivity index (χ4v) is 1.76. The van der Waals surface area contributed by atoms with Crippen molar-refractivity contribution < 1.29 is 9.84 Å². The topological polar surface area (TPSA) is 55.5 Å². The van der Waals surface area contributed by atoms with Gasteiger partial charge in [-0.1, -0.05) is 37.3 Å². The van der Waals surface area contributed by atoms with Gasteiger partial charge in [0.25, 0.3) is 0 Å². The summed E-state index contributed by atoms with van der Waals surface area (Å²) in [5.74, 6) is 0.689. The minimum atomic E-state index is 0.170. The van der Waals surface area contributed by atoms with Gasteiger partial charge >= 0.3 is 0 Å². The van der Waals surface area contributed by atoms with E-state index in [1.165, 1.54) is 0 Å². The highest BCUT2D eigenvalue weighted by molar-refractivity contribution is 5.71. The van der Waals surface area contributed by atoms with E-state index in [-0.39, 0.29) is 5.75 Å². The molecule has 2 aromatic carbocycles. The van der Waals surface area contributed by atoms with E-state index in [2.05, 4.69) is 0 Å². The van der Waals surface area contributed by atoms with Gasteiger partial charge in [-0.2, -0.15) is 0 Å². The van der Waals surface area contributed by atoms with Crippen molar-refractivity contribution in [2.75, 3.05) is 12.3 Å². The molecule has 0 heterocycles. The van der Waals surface area contributed by atoms with Crippen molar-refractivity contribution in [2.45, 2.75) is 13.3 Å². The Balaban J connectivity index is 2.14. The van der Waals surface area contributed by atoms with Crippen molar-refractivity contribution in [1.82, 2.24) is 0 Å². The smallest absolute Gasteiger partial charge is 0.161 e. The molecule has 0 aliphatic carbocycles. The van der Waals surface area contributed by atoms with Gasteiger partial charge in [0, 0.05) is 5.69 Å². The van der Waals surface area contributed by atoms with Crippen molar-refractivity contribution in [3.05, 3.63) is 53.6 Å². The van der Waals surface area contributed by atoms with Gasteiger partial charge in [-0.15, -0.1) is 0 Å². The molecule has 0 fully saturated rings. The van der Waals surface area contributed by atoms with Crippen LogP contribution in [0.15, 0.2) is 42.5 Å². The fraction of sp³-hybridized carbons (Fsp3) is 0.176. The molecule has 0 aliphatic rings. The lowest BCUT2D eigenvalue weighted by molar-refractivity contribution is 0.299. The Morgan fingerprint density at radius 3 is 2.40 bits per heavy atom. The van der Waals surface area contributed by atoms with Crippen LogP contribution in [0, 0.1) is 0 Å². The summed E-state index contributed by atoms with van der Waals surface area (Å²) in [7, 11) is 0. The van der Waals surface area contributed by atoms with Crippen LogP contribution in [0.1, 0.15) is 24.5 Å². The molecule has 0 spiro atoms. The SMILES string of the molecule is CCCOc1cc(/C=C/c2ccc(N)cc2)ccc1O. The maximum Gasteiger partial charge on any atom is 0.161 e. The van der Waals surface area contributed by atoms with Crippen molar-refractivity contribution >= 4 is 17.8 Å².